The van der Waals surface area contributed by atoms with Crippen LogP contribution in [0.2, 0.25) is 0 Å². The van der Waals surface area contributed by atoms with Gasteiger partial charge in [0.15, 0.2) is 5.78 Å². The van der Waals surface area contributed by atoms with E-state index in [1.165, 1.54) is 6.08 Å². The van der Waals surface area contributed by atoms with E-state index in [9.17, 15) is 13.6 Å². The number of nitrogens with one attached hydrogen (secondary N) is 1. The zero-order valence-corrected chi connectivity index (χ0v) is 11.0. The number of benzene rings is 1. The number of pyridine rings is 1. The lowest BCUT2D eigenvalue weighted by atomic mass is 9.95. The van der Waals surface area contributed by atoms with Crippen LogP contribution in [0.4, 0.5) is 5.69 Å². The van der Waals surface area contributed by atoms with Crippen LogP contribution in [0.3, 0.4) is 0 Å². The zero-order valence-electron chi connectivity index (χ0n) is 10.2. The van der Waals surface area contributed by atoms with Gasteiger partial charge in [0.05, 0.1) is 11.2 Å². The minimum Gasteiger partial charge on any atom is -0.760 e. The maximum absolute atomic E-state index is 12.2. The van der Waals surface area contributed by atoms with Crippen molar-refractivity contribution in [3.8, 4) is 0 Å². The molecule has 7 heteroatoms. The minimum atomic E-state index is -2.50. The highest BCUT2D eigenvalue weighted by atomic mass is 32.2. The number of ketones is 1. The highest BCUT2D eigenvalue weighted by Gasteiger charge is 2.24. The second kappa shape index (κ2) is 4.78. The topological polar surface area (TPSA) is 108 Å². The lowest BCUT2D eigenvalue weighted by Gasteiger charge is -2.20. The summed E-state index contributed by atoms with van der Waals surface area (Å²) >= 11 is -2.50. The number of nitrogens with zero attached hydrogens (tertiary/aromatic N) is 1. The summed E-state index contributed by atoms with van der Waals surface area (Å²) in [5.41, 5.74) is 7.93. The number of Topliss-reactive ketones (excluding diaryl/α,β-unsaturated/α-hetero) is 1. The molecule has 0 saturated carbocycles. The largest absolute Gasteiger partial charge is 0.760 e. The van der Waals surface area contributed by atoms with E-state index in [4.69, 9.17) is 5.73 Å². The Labute approximate surface area is 117 Å². The van der Waals surface area contributed by atoms with Gasteiger partial charge in [0.25, 0.3) is 0 Å². The van der Waals surface area contributed by atoms with E-state index in [0.29, 0.717) is 16.9 Å². The molecule has 0 radical (unpaired) electrons. The van der Waals surface area contributed by atoms with Crippen molar-refractivity contribution in [2.75, 3.05) is 5.73 Å². The molecule has 0 saturated heterocycles. The highest BCUT2D eigenvalue weighted by Crippen LogP contribution is 2.24. The fraction of sp³-hybridized carbons (Fsp3) is 0.0769. The van der Waals surface area contributed by atoms with Gasteiger partial charge in [-0.05, 0) is 30.3 Å². The number of nitrogen functional groups attached to an aromatic ring is 1. The van der Waals surface area contributed by atoms with Gasteiger partial charge < -0.3 is 10.3 Å². The lowest BCUT2D eigenvalue weighted by Crippen LogP contribution is -2.38. The van der Waals surface area contributed by atoms with Gasteiger partial charge in [-0.3, -0.25) is 9.00 Å². The Morgan fingerprint density at radius 2 is 2.15 bits per heavy atom. The molecule has 2 atom stereocenters. The van der Waals surface area contributed by atoms with E-state index < -0.39 is 17.3 Å². The number of hydrogen-bond donors (Lipinski definition) is 2. The van der Waals surface area contributed by atoms with Crippen LogP contribution in [-0.4, -0.2) is 25.6 Å². The lowest BCUT2D eigenvalue weighted by molar-refractivity contribution is 0.0969. The number of hydrogen-bond acceptors (Lipinski definition) is 5. The van der Waals surface area contributed by atoms with Crippen LogP contribution in [0.5, 0.6) is 0 Å². The summed E-state index contributed by atoms with van der Waals surface area (Å²) in [7, 11) is 0. The molecule has 1 aromatic carbocycles. The molecule has 3 rings (SSSR count). The summed E-state index contributed by atoms with van der Waals surface area (Å²) < 4.78 is 23.5. The monoisotopic (exact) mass is 288 g/mol. The molecule has 0 bridgehead atoms. The molecular formula is C13H10N3O3S-. The first-order chi connectivity index (χ1) is 9.54. The first-order valence-electron chi connectivity index (χ1n) is 5.83. The first kappa shape index (κ1) is 12.9. The fourth-order valence-corrected chi connectivity index (χ4v) is 2.57. The van der Waals surface area contributed by atoms with Crippen molar-refractivity contribution >= 4 is 39.7 Å². The fourth-order valence-electron chi connectivity index (χ4n) is 2.17. The molecule has 2 unspecified atom stereocenters. The number of aromatic nitrogens is 1. The van der Waals surface area contributed by atoms with E-state index in [2.05, 4.69) is 9.71 Å². The van der Waals surface area contributed by atoms with Gasteiger partial charge in [0.1, 0.15) is 6.04 Å². The van der Waals surface area contributed by atoms with Crippen molar-refractivity contribution in [2.45, 2.75) is 6.04 Å². The van der Waals surface area contributed by atoms with E-state index >= 15 is 0 Å². The molecule has 2 aromatic rings. The quantitative estimate of drug-likeness (QED) is 0.627. The van der Waals surface area contributed by atoms with Crippen molar-refractivity contribution in [1.82, 2.24) is 9.71 Å². The second-order valence-electron chi connectivity index (χ2n) is 4.43. The third-order valence-electron chi connectivity index (χ3n) is 3.09. The van der Waals surface area contributed by atoms with Gasteiger partial charge in [-0.2, -0.15) is 0 Å². The third kappa shape index (κ3) is 2.22. The van der Waals surface area contributed by atoms with Crippen molar-refractivity contribution in [1.29, 1.82) is 0 Å². The van der Waals surface area contributed by atoms with Crippen molar-refractivity contribution in [3.63, 3.8) is 0 Å². The summed E-state index contributed by atoms with van der Waals surface area (Å²) in [5, 5.41) is 0.745. The van der Waals surface area contributed by atoms with Gasteiger partial charge in [-0.15, -0.1) is 0 Å². The van der Waals surface area contributed by atoms with Crippen LogP contribution >= 0.6 is 0 Å². The number of nitrogens with two attached hydrogens (primary N) is 1. The van der Waals surface area contributed by atoms with E-state index in [1.54, 1.807) is 30.3 Å². The van der Waals surface area contributed by atoms with Crippen LogP contribution in [0, 0.1) is 0 Å². The maximum atomic E-state index is 12.2. The zero-order chi connectivity index (χ0) is 14.3. The number of carbonyl (C=O) groups excluding carboxylic acids is 1. The van der Waals surface area contributed by atoms with Crippen LogP contribution in [0.15, 0.2) is 30.3 Å². The molecule has 1 aliphatic carbocycles. The van der Waals surface area contributed by atoms with Gasteiger partial charge in [0, 0.05) is 27.9 Å². The Hall–Kier alpha value is -2.09. The maximum Gasteiger partial charge on any atom is 0.186 e. The van der Waals surface area contributed by atoms with Crippen LogP contribution in [0.25, 0.3) is 17.0 Å². The van der Waals surface area contributed by atoms with Crippen LogP contribution in [0.1, 0.15) is 16.1 Å². The normalized spacial score (nSPS) is 19.1. The summed E-state index contributed by atoms with van der Waals surface area (Å²) in [4.78, 5) is 16.6. The number of fused-ring (bicyclic) bond motifs is 2. The number of anilines is 1. The molecule has 20 heavy (non-hydrogen) atoms. The molecule has 1 heterocycles. The van der Waals surface area contributed by atoms with Gasteiger partial charge in [-0.1, -0.05) is 6.08 Å². The molecule has 1 aliphatic rings. The Kier molecular flexibility index (Phi) is 3.09. The number of rotatable bonds is 2. The molecule has 0 fully saturated rings. The number of carbonyl (C=O) groups is 1. The highest BCUT2D eigenvalue weighted by molar-refractivity contribution is 7.77. The van der Waals surface area contributed by atoms with Crippen molar-refractivity contribution in [2.24, 2.45) is 0 Å². The molecule has 1 aromatic heterocycles. The van der Waals surface area contributed by atoms with Crippen molar-refractivity contribution < 1.29 is 13.6 Å². The standard InChI is InChI=1S/C13H11N3O3S/c14-8-1-2-10-7(5-8)6-9-11(15-10)3-4-12(13(9)17)16-20(18)19/h1-6,12,16H,14H2,(H,18,19)/p-1. The summed E-state index contributed by atoms with van der Waals surface area (Å²) in [6.07, 6.45) is 3.12. The summed E-state index contributed by atoms with van der Waals surface area (Å²) in [5.74, 6) is -0.330. The first-order valence-corrected chi connectivity index (χ1v) is 6.90. The average molecular weight is 288 g/mol. The third-order valence-corrected chi connectivity index (χ3v) is 3.53. The predicted octanol–water partition coefficient (Wildman–Crippen LogP) is 0.779. The molecule has 0 aliphatic heterocycles. The van der Waals surface area contributed by atoms with E-state index in [-0.39, 0.29) is 5.78 Å². The Balaban J connectivity index is 2.11. The SMILES string of the molecule is Nc1ccc2nc3c(cc2c1)C(=O)C(NS(=O)[O-])C=C3. The predicted molar refractivity (Wildman–Crippen MR) is 75.4 cm³/mol. The Bertz CT molecular complexity index is 773. The summed E-state index contributed by atoms with van der Waals surface area (Å²) in [6.45, 7) is 0. The van der Waals surface area contributed by atoms with Crippen molar-refractivity contribution in [3.05, 3.63) is 41.6 Å². The van der Waals surface area contributed by atoms with Crippen LogP contribution in [-0.2, 0) is 11.3 Å². The van der Waals surface area contributed by atoms with Gasteiger partial charge in [-0.25, -0.2) is 9.71 Å². The molecular weight excluding hydrogens is 278 g/mol. The smallest absolute Gasteiger partial charge is 0.186 e. The molecule has 102 valence electrons. The van der Waals surface area contributed by atoms with E-state index in [1.807, 2.05) is 0 Å². The van der Waals surface area contributed by atoms with Crippen LogP contribution < -0.4 is 10.5 Å². The Morgan fingerprint density at radius 1 is 1.35 bits per heavy atom. The minimum absolute atomic E-state index is 0.330. The van der Waals surface area contributed by atoms with Gasteiger partial charge >= 0.3 is 0 Å². The van der Waals surface area contributed by atoms with E-state index in [0.717, 1.165) is 10.9 Å². The molecule has 0 spiro atoms. The molecule has 0 amide bonds. The second-order valence-corrected chi connectivity index (χ2v) is 5.13. The van der Waals surface area contributed by atoms with Gasteiger partial charge in [0.2, 0.25) is 0 Å². The Morgan fingerprint density at radius 3 is 2.90 bits per heavy atom. The average Bonchev–Trinajstić information content (AvgIpc) is 2.40. The summed E-state index contributed by atoms with van der Waals surface area (Å²) in [6, 6.07) is 6.03. The molecule has 3 N–H and O–H groups in total. The molecule has 6 nitrogen and oxygen atoms in total.